The van der Waals surface area contributed by atoms with Gasteiger partial charge in [0, 0.05) is 23.8 Å². The minimum absolute atomic E-state index is 0.466. The van der Waals surface area contributed by atoms with Crippen molar-refractivity contribution in [1.82, 2.24) is 15.1 Å². The average Bonchev–Trinajstić information content (AvgIpc) is 2.79. The monoisotopic (exact) mass is 273 g/mol. The molecule has 0 bridgehead atoms. The van der Waals surface area contributed by atoms with Gasteiger partial charge in [-0.3, -0.25) is 0 Å². The van der Waals surface area contributed by atoms with Crippen LogP contribution in [-0.2, 0) is 6.54 Å². The molecule has 4 nitrogen and oxygen atoms in total. The molecule has 1 heterocycles. The molecule has 0 saturated carbocycles. The topological polar surface area (TPSA) is 39.1 Å². The maximum absolute atomic E-state index is 5.68. The Balaban J connectivity index is 2.30. The fourth-order valence-electron chi connectivity index (χ4n) is 2.08. The molecule has 4 heteroatoms. The third-order valence-electron chi connectivity index (χ3n) is 3.21. The van der Waals surface area contributed by atoms with Crippen molar-refractivity contribution < 1.29 is 4.74 Å². The van der Waals surface area contributed by atoms with Crippen LogP contribution in [-0.4, -0.2) is 22.4 Å². The van der Waals surface area contributed by atoms with Crippen molar-refractivity contribution in [3.63, 3.8) is 0 Å². The van der Waals surface area contributed by atoms with E-state index in [9.17, 15) is 0 Å². The maximum atomic E-state index is 5.68. The lowest BCUT2D eigenvalue weighted by Crippen LogP contribution is -2.22. The highest BCUT2D eigenvalue weighted by molar-refractivity contribution is 5.47. The van der Waals surface area contributed by atoms with Gasteiger partial charge in [-0.25, -0.2) is 4.68 Å². The first-order chi connectivity index (χ1) is 9.63. The van der Waals surface area contributed by atoms with Gasteiger partial charge in [-0.05, 0) is 26.0 Å². The van der Waals surface area contributed by atoms with Crippen LogP contribution in [0.15, 0.2) is 30.5 Å². The zero-order chi connectivity index (χ0) is 14.5. The number of nitrogens with one attached hydrogen (secondary N) is 1. The van der Waals surface area contributed by atoms with Gasteiger partial charge in [-0.2, -0.15) is 5.10 Å². The zero-order valence-electron chi connectivity index (χ0n) is 12.7. The second-order valence-electron chi connectivity index (χ2n) is 5.10. The summed E-state index contributed by atoms with van der Waals surface area (Å²) in [5.41, 5.74) is 3.35. The highest BCUT2D eigenvalue weighted by Crippen LogP contribution is 2.24. The standard InChI is InChI=1S/C16H23N3O/c1-5-20-16-9-7-6-8-15(16)19-13(4)14(11-18-19)10-17-12(2)3/h6-9,11-12,17H,5,10H2,1-4H3. The second kappa shape index (κ2) is 6.57. The van der Waals surface area contributed by atoms with Crippen LogP contribution in [0.3, 0.4) is 0 Å². The summed E-state index contributed by atoms with van der Waals surface area (Å²) in [6, 6.07) is 8.46. The maximum Gasteiger partial charge on any atom is 0.144 e. The SMILES string of the molecule is CCOc1ccccc1-n1ncc(CNC(C)C)c1C. The van der Waals surface area contributed by atoms with Crippen molar-refractivity contribution in [2.75, 3.05) is 6.61 Å². The number of ether oxygens (including phenoxy) is 1. The number of aromatic nitrogens is 2. The smallest absolute Gasteiger partial charge is 0.144 e. The molecule has 2 aromatic rings. The Morgan fingerprint density at radius 3 is 2.75 bits per heavy atom. The first kappa shape index (κ1) is 14.6. The molecule has 0 aliphatic rings. The summed E-state index contributed by atoms with van der Waals surface area (Å²) in [5, 5.41) is 7.93. The fraction of sp³-hybridized carbons (Fsp3) is 0.438. The normalized spacial score (nSPS) is 11.1. The molecule has 20 heavy (non-hydrogen) atoms. The molecule has 1 aromatic heterocycles. The van der Waals surface area contributed by atoms with E-state index in [1.165, 1.54) is 5.56 Å². The van der Waals surface area contributed by atoms with Gasteiger partial charge < -0.3 is 10.1 Å². The molecule has 2 rings (SSSR count). The number of hydrogen-bond donors (Lipinski definition) is 1. The van der Waals surface area contributed by atoms with Gasteiger partial charge in [-0.1, -0.05) is 26.0 Å². The Hall–Kier alpha value is -1.81. The van der Waals surface area contributed by atoms with E-state index in [0.717, 1.165) is 23.7 Å². The van der Waals surface area contributed by atoms with Crippen molar-refractivity contribution >= 4 is 0 Å². The van der Waals surface area contributed by atoms with E-state index in [1.807, 2.05) is 42.1 Å². The Kier molecular flexibility index (Phi) is 4.79. The van der Waals surface area contributed by atoms with Crippen molar-refractivity contribution in [1.29, 1.82) is 0 Å². The van der Waals surface area contributed by atoms with Crippen LogP contribution in [0.1, 0.15) is 32.0 Å². The second-order valence-corrected chi connectivity index (χ2v) is 5.10. The molecule has 0 amide bonds. The minimum atomic E-state index is 0.466. The van der Waals surface area contributed by atoms with E-state index < -0.39 is 0 Å². The average molecular weight is 273 g/mol. The summed E-state index contributed by atoms with van der Waals surface area (Å²) >= 11 is 0. The summed E-state index contributed by atoms with van der Waals surface area (Å²) in [6.45, 7) is 9.85. The predicted molar refractivity (Wildman–Crippen MR) is 81.4 cm³/mol. The third-order valence-corrected chi connectivity index (χ3v) is 3.21. The summed E-state index contributed by atoms with van der Waals surface area (Å²) in [4.78, 5) is 0. The number of benzene rings is 1. The van der Waals surface area contributed by atoms with Crippen LogP contribution in [0, 0.1) is 6.92 Å². The molecule has 0 saturated heterocycles. The molecule has 108 valence electrons. The predicted octanol–water partition coefficient (Wildman–Crippen LogP) is 3.08. The van der Waals surface area contributed by atoms with Gasteiger partial charge in [0.15, 0.2) is 0 Å². The molecule has 0 radical (unpaired) electrons. The first-order valence-corrected chi connectivity index (χ1v) is 7.12. The minimum Gasteiger partial charge on any atom is -0.492 e. The number of rotatable bonds is 6. The highest BCUT2D eigenvalue weighted by atomic mass is 16.5. The summed E-state index contributed by atoms with van der Waals surface area (Å²) < 4.78 is 7.62. The highest BCUT2D eigenvalue weighted by Gasteiger charge is 2.11. The summed E-state index contributed by atoms with van der Waals surface area (Å²) in [5.74, 6) is 0.865. The van der Waals surface area contributed by atoms with Crippen molar-refractivity contribution in [3.8, 4) is 11.4 Å². The molecule has 1 N–H and O–H groups in total. The van der Waals surface area contributed by atoms with Gasteiger partial charge in [0.05, 0.1) is 12.8 Å². The van der Waals surface area contributed by atoms with E-state index >= 15 is 0 Å². The van der Waals surface area contributed by atoms with Crippen LogP contribution < -0.4 is 10.1 Å². The van der Waals surface area contributed by atoms with Gasteiger partial charge in [-0.15, -0.1) is 0 Å². The van der Waals surface area contributed by atoms with Crippen molar-refractivity contribution in [3.05, 3.63) is 41.7 Å². The first-order valence-electron chi connectivity index (χ1n) is 7.12. The van der Waals surface area contributed by atoms with E-state index in [-0.39, 0.29) is 0 Å². The molecule has 0 aliphatic carbocycles. The molecular formula is C16H23N3O. The fourth-order valence-corrected chi connectivity index (χ4v) is 2.08. The van der Waals surface area contributed by atoms with Gasteiger partial charge >= 0.3 is 0 Å². The number of hydrogen-bond acceptors (Lipinski definition) is 3. The van der Waals surface area contributed by atoms with E-state index in [1.54, 1.807) is 0 Å². The summed E-state index contributed by atoms with van der Waals surface area (Å²) in [7, 11) is 0. The Morgan fingerprint density at radius 1 is 1.30 bits per heavy atom. The molecule has 0 fully saturated rings. The van der Waals surface area contributed by atoms with E-state index in [0.29, 0.717) is 12.6 Å². The number of nitrogens with zero attached hydrogens (tertiary/aromatic N) is 2. The molecule has 0 spiro atoms. The molecule has 0 unspecified atom stereocenters. The van der Waals surface area contributed by atoms with Crippen LogP contribution in [0.25, 0.3) is 5.69 Å². The van der Waals surface area contributed by atoms with Crippen LogP contribution in [0.5, 0.6) is 5.75 Å². The van der Waals surface area contributed by atoms with Gasteiger partial charge in [0.2, 0.25) is 0 Å². The van der Waals surface area contributed by atoms with Crippen LogP contribution in [0.2, 0.25) is 0 Å². The molecule has 0 atom stereocenters. The largest absolute Gasteiger partial charge is 0.492 e. The summed E-state index contributed by atoms with van der Waals surface area (Å²) in [6.07, 6.45) is 1.92. The van der Waals surface area contributed by atoms with E-state index in [4.69, 9.17) is 4.74 Å². The van der Waals surface area contributed by atoms with Crippen molar-refractivity contribution in [2.45, 2.75) is 40.3 Å². The lowest BCUT2D eigenvalue weighted by molar-refractivity contribution is 0.338. The van der Waals surface area contributed by atoms with Crippen molar-refractivity contribution in [2.24, 2.45) is 0 Å². The van der Waals surface area contributed by atoms with E-state index in [2.05, 4.69) is 31.2 Å². The zero-order valence-corrected chi connectivity index (χ0v) is 12.7. The lowest BCUT2D eigenvalue weighted by atomic mass is 10.2. The Bertz CT molecular complexity index is 561. The van der Waals surface area contributed by atoms with Gasteiger partial charge in [0.25, 0.3) is 0 Å². The quantitative estimate of drug-likeness (QED) is 0.879. The van der Waals surface area contributed by atoms with Crippen LogP contribution >= 0.6 is 0 Å². The third kappa shape index (κ3) is 3.20. The number of para-hydroxylation sites is 2. The Labute approximate surface area is 120 Å². The van der Waals surface area contributed by atoms with Crippen LogP contribution in [0.4, 0.5) is 0 Å². The molecule has 0 aliphatic heterocycles. The van der Waals surface area contributed by atoms with Gasteiger partial charge in [0.1, 0.15) is 11.4 Å². The molecule has 1 aromatic carbocycles. The Morgan fingerprint density at radius 2 is 2.05 bits per heavy atom. The molecular weight excluding hydrogens is 250 g/mol. The lowest BCUT2D eigenvalue weighted by Gasteiger charge is -2.12.